The van der Waals surface area contributed by atoms with Crippen molar-refractivity contribution in [3.05, 3.63) is 24.3 Å². The smallest absolute Gasteiger partial charge is 0.269 e. The molecule has 0 fully saturated rings. The van der Waals surface area contributed by atoms with E-state index in [9.17, 15) is 13.2 Å². The van der Waals surface area contributed by atoms with Crippen molar-refractivity contribution in [1.82, 2.24) is 0 Å². The third-order valence-corrected chi connectivity index (χ3v) is 2.46. The number of aliphatic imine (C=N–C) groups is 1. The molecule has 0 aliphatic heterocycles. The van der Waals surface area contributed by atoms with Crippen LogP contribution in [0.25, 0.3) is 0 Å². The highest BCUT2D eigenvalue weighted by Crippen LogP contribution is 2.06. The standard InChI is InChI=1S/C9H8Cl2N2O3S/c1-17(15,16)13-7-4-2-6(3-5-7)12-9(14)8(10)11/h2-5,8H,1H3. The maximum Gasteiger partial charge on any atom is 0.279 e. The summed E-state index contributed by atoms with van der Waals surface area (Å²) in [6.45, 7) is 0. The minimum atomic E-state index is -3.44. The number of hydrogen-bond acceptors (Lipinski definition) is 3. The number of hydrogen-bond donors (Lipinski definition) is 0. The highest BCUT2D eigenvalue weighted by molar-refractivity contribution is 7.89. The molecule has 0 heterocycles. The van der Waals surface area contributed by atoms with Crippen LogP contribution in [0.4, 0.5) is 0 Å². The van der Waals surface area contributed by atoms with Gasteiger partial charge in [0.2, 0.25) is 0 Å². The highest BCUT2D eigenvalue weighted by Gasteiger charge is 2.11. The van der Waals surface area contributed by atoms with E-state index in [1.54, 1.807) is 0 Å². The summed E-state index contributed by atoms with van der Waals surface area (Å²) in [5.41, 5.74) is 0.584. The zero-order chi connectivity index (χ0) is 13.1. The molecule has 0 atom stereocenters. The van der Waals surface area contributed by atoms with Crippen LogP contribution in [-0.2, 0) is 14.8 Å². The SMILES string of the molecule is CS(=O)(=O)N=C1C=CC(=NC(=O)C(Cl)Cl)C=C1. The highest BCUT2D eigenvalue weighted by atomic mass is 35.5. The second-order valence-electron chi connectivity index (χ2n) is 3.09. The molecule has 0 aromatic carbocycles. The van der Waals surface area contributed by atoms with Crippen LogP contribution >= 0.6 is 23.2 Å². The number of allylic oxidation sites excluding steroid dienone is 4. The summed E-state index contributed by atoms with van der Waals surface area (Å²) < 4.78 is 25.2. The molecule has 1 amide bonds. The second kappa shape index (κ2) is 5.57. The average molecular weight is 295 g/mol. The molecule has 0 bridgehead atoms. The molecule has 8 heteroatoms. The molecule has 0 unspecified atom stereocenters. The van der Waals surface area contributed by atoms with Crippen LogP contribution in [0, 0.1) is 0 Å². The fourth-order valence-corrected chi connectivity index (χ4v) is 1.56. The molecule has 0 N–H and O–H groups in total. The Kier molecular flexibility index (Phi) is 4.62. The first-order chi connectivity index (χ1) is 7.78. The van der Waals surface area contributed by atoms with Gasteiger partial charge in [0.15, 0.2) is 4.84 Å². The topological polar surface area (TPSA) is 75.9 Å². The van der Waals surface area contributed by atoms with Gasteiger partial charge in [-0.15, -0.1) is 0 Å². The fraction of sp³-hybridized carbons (Fsp3) is 0.222. The number of alkyl halides is 2. The Labute approximate surface area is 109 Å². The van der Waals surface area contributed by atoms with Crippen molar-refractivity contribution in [2.24, 2.45) is 9.39 Å². The van der Waals surface area contributed by atoms with Crippen LogP contribution in [0.1, 0.15) is 0 Å². The lowest BCUT2D eigenvalue weighted by Crippen LogP contribution is -2.09. The van der Waals surface area contributed by atoms with Crippen molar-refractivity contribution in [3.8, 4) is 0 Å². The van der Waals surface area contributed by atoms with E-state index in [1.807, 2.05) is 0 Å². The van der Waals surface area contributed by atoms with E-state index in [1.165, 1.54) is 24.3 Å². The largest absolute Gasteiger partial charge is 0.279 e. The number of carbonyl (C=O) groups excluding carboxylic acids is 1. The van der Waals surface area contributed by atoms with E-state index in [2.05, 4.69) is 9.39 Å². The van der Waals surface area contributed by atoms with E-state index >= 15 is 0 Å². The van der Waals surface area contributed by atoms with Gasteiger partial charge in [0, 0.05) is 0 Å². The van der Waals surface area contributed by atoms with Gasteiger partial charge in [0.05, 0.1) is 17.7 Å². The van der Waals surface area contributed by atoms with Crippen molar-refractivity contribution in [2.75, 3.05) is 6.26 Å². The zero-order valence-electron chi connectivity index (χ0n) is 8.67. The number of nitrogens with zero attached hydrogens (tertiary/aromatic N) is 2. The Morgan fingerprint density at radius 1 is 1.18 bits per heavy atom. The minimum absolute atomic E-state index is 0.257. The van der Waals surface area contributed by atoms with Crippen LogP contribution in [0.3, 0.4) is 0 Å². The summed E-state index contributed by atoms with van der Waals surface area (Å²) in [7, 11) is -3.44. The maximum atomic E-state index is 11.1. The monoisotopic (exact) mass is 294 g/mol. The van der Waals surface area contributed by atoms with Gasteiger partial charge >= 0.3 is 0 Å². The lowest BCUT2D eigenvalue weighted by molar-refractivity contribution is -0.116. The first kappa shape index (κ1) is 14.1. The normalized spacial score (nSPS) is 15.3. The fourth-order valence-electron chi connectivity index (χ4n) is 0.956. The number of halogens is 2. The molecule has 0 saturated heterocycles. The van der Waals surface area contributed by atoms with Crippen molar-refractivity contribution < 1.29 is 13.2 Å². The molecular formula is C9H8Cl2N2O3S. The van der Waals surface area contributed by atoms with Crippen LogP contribution in [0.15, 0.2) is 33.7 Å². The lowest BCUT2D eigenvalue weighted by Gasteiger charge is -2.01. The van der Waals surface area contributed by atoms with E-state index in [0.29, 0.717) is 5.71 Å². The van der Waals surface area contributed by atoms with Crippen LogP contribution in [-0.4, -0.2) is 36.8 Å². The summed E-state index contributed by atoms with van der Waals surface area (Å²) in [5.74, 6) is -0.680. The summed E-state index contributed by atoms with van der Waals surface area (Å²) in [4.78, 5) is 13.5. The van der Waals surface area contributed by atoms with Gasteiger partial charge in [-0.1, -0.05) is 23.2 Å². The lowest BCUT2D eigenvalue weighted by atomic mass is 10.1. The van der Waals surface area contributed by atoms with Gasteiger partial charge in [0.25, 0.3) is 15.9 Å². The van der Waals surface area contributed by atoms with Gasteiger partial charge in [0.1, 0.15) is 0 Å². The molecule has 17 heavy (non-hydrogen) atoms. The summed E-state index contributed by atoms with van der Waals surface area (Å²) in [6, 6.07) is 0. The minimum Gasteiger partial charge on any atom is -0.269 e. The molecule has 0 aromatic heterocycles. The van der Waals surface area contributed by atoms with Gasteiger partial charge in [-0.3, -0.25) is 4.79 Å². The Hall–Kier alpha value is -0.980. The molecule has 0 radical (unpaired) electrons. The Morgan fingerprint density at radius 2 is 1.65 bits per heavy atom. The average Bonchev–Trinajstić information content (AvgIpc) is 2.18. The Balaban J connectivity index is 2.86. The molecule has 92 valence electrons. The third kappa shape index (κ3) is 5.25. The van der Waals surface area contributed by atoms with E-state index in [0.717, 1.165) is 6.26 Å². The van der Waals surface area contributed by atoms with E-state index < -0.39 is 20.8 Å². The molecular weight excluding hydrogens is 287 g/mol. The molecule has 0 spiro atoms. The van der Waals surface area contributed by atoms with E-state index in [4.69, 9.17) is 23.2 Å². The van der Waals surface area contributed by atoms with Crippen molar-refractivity contribution >= 4 is 50.6 Å². The number of rotatable bonds is 2. The summed E-state index contributed by atoms with van der Waals surface area (Å²) in [6.07, 6.45) is 6.71. The first-order valence-corrected chi connectivity index (χ1v) is 7.07. The van der Waals surface area contributed by atoms with Gasteiger partial charge in [-0.2, -0.15) is 4.40 Å². The predicted octanol–water partition coefficient (Wildman–Crippen LogP) is 1.28. The molecule has 0 aromatic rings. The van der Waals surface area contributed by atoms with Crippen molar-refractivity contribution in [2.45, 2.75) is 4.84 Å². The number of carbonyl (C=O) groups is 1. The van der Waals surface area contributed by atoms with Crippen LogP contribution < -0.4 is 0 Å². The van der Waals surface area contributed by atoms with E-state index in [-0.39, 0.29) is 5.71 Å². The summed E-state index contributed by atoms with van der Waals surface area (Å²) in [5, 5.41) is 0. The molecule has 1 aliphatic carbocycles. The Morgan fingerprint density at radius 3 is 2.06 bits per heavy atom. The molecule has 1 rings (SSSR count). The van der Waals surface area contributed by atoms with Gasteiger partial charge in [-0.25, -0.2) is 13.4 Å². The number of amides is 1. The van der Waals surface area contributed by atoms with Gasteiger partial charge < -0.3 is 0 Å². The maximum absolute atomic E-state index is 11.1. The predicted molar refractivity (Wildman–Crippen MR) is 68.5 cm³/mol. The summed E-state index contributed by atoms with van der Waals surface area (Å²) >= 11 is 10.6. The van der Waals surface area contributed by atoms with Crippen LogP contribution in [0.5, 0.6) is 0 Å². The number of sulfonamides is 1. The van der Waals surface area contributed by atoms with Crippen molar-refractivity contribution in [3.63, 3.8) is 0 Å². The molecule has 1 aliphatic rings. The molecule has 5 nitrogen and oxygen atoms in total. The second-order valence-corrected chi connectivity index (χ2v) is 5.84. The quantitative estimate of drug-likeness (QED) is 0.569. The first-order valence-electron chi connectivity index (χ1n) is 4.35. The van der Waals surface area contributed by atoms with Gasteiger partial charge in [-0.05, 0) is 24.3 Å². The molecule has 0 saturated carbocycles. The van der Waals surface area contributed by atoms with Crippen molar-refractivity contribution in [1.29, 1.82) is 0 Å². The third-order valence-electron chi connectivity index (χ3n) is 1.55. The Bertz CT molecular complexity index is 527. The zero-order valence-corrected chi connectivity index (χ0v) is 11.0. The van der Waals surface area contributed by atoms with Crippen LogP contribution in [0.2, 0.25) is 0 Å².